The zero-order chi connectivity index (χ0) is 22.2. The summed E-state index contributed by atoms with van der Waals surface area (Å²) in [5.41, 5.74) is 10.9. The van der Waals surface area contributed by atoms with E-state index in [0.29, 0.717) is 10.9 Å². The fourth-order valence-electron chi connectivity index (χ4n) is 4.07. The van der Waals surface area contributed by atoms with Crippen LogP contribution in [0.3, 0.4) is 0 Å². The van der Waals surface area contributed by atoms with Crippen molar-refractivity contribution in [3.8, 4) is 0 Å². The molecule has 0 spiro atoms. The highest BCUT2D eigenvalue weighted by Crippen LogP contribution is 2.36. The number of rotatable bonds is 4. The Hall–Kier alpha value is -3.50. The number of hydrogen-bond acceptors (Lipinski definition) is 4. The van der Waals surface area contributed by atoms with Crippen LogP contribution in [0, 0.1) is 0 Å². The topological polar surface area (TPSA) is 30.9 Å². The Morgan fingerprint density at radius 3 is 2.19 bits per heavy atom. The highest BCUT2D eigenvalue weighted by Gasteiger charge is 2.31. The van der Waals surface area contributed by atoms with E-state index in [-0.39, 0.29) is 0 Å². The van der Waals surface area contributed by atoms with E-state index in [1.165, 1.54) is 5.56 Å². The molecule has 0 saturated heterocycles. The van der Waals surface area contributed by atoms with Crippen molar-refractivity contribution in [2.75, 3.05) is 11.9 Å². The first-order chi connectivity index (χ1) is 15.5. The summed E-state index contributed by atoms with van der Waals surface area (Å²) >= 11 is 6.16. The number of anilines is 1. The maximum atomic E-state index is 6.16. The Labute approximate surface area is 194 Å². The molecule has 0 saturated carbocycles. The van der Waals surface area contributed by atoms with Gasteiger partial charge in [0.05, 0.1) is 11.4 Å². The van der Waals surface area contributed by atoms with Gasteiger partial charge in [-0.1, -0.05) is 80.0 Å². The molecule has 0 amide bonds. The first kappa shape index (κ1) is 20.4. The fraction of sp³-hybridized carbons (Fsp3) is 0.148. The summed E-state index contributed by atoms with van der Waals surface area (Å²) in [4.78, 5) is 7.31. The van der Waals surface area contributed by atoms with E-state index in [1.807, 2.05) is 42.4 Å². The van der Waals surface area contributed by atoms with Crippen molar-refractivity contribution >= 4 is 28.8 Å². The van der Waals surface area contributed by atoms with Crippen molar-refractivity contribution in [2.45, 2.75) is 19.8 Å². The van der Waals surface area contributed by atoms with Crippen molar-refractivity contribution in [3.63, 3.8) is 0 Å². The molecular weight excluding hydrogens is 416 g/mol. The predicted molar refractivity (Wildman–Crippen MR) is 133 cm³/mol. The minimum Gasteiger partial charge on any atom is -0.299 e. The normalized spacial score (nSPS) is 15.5. The van der Waals surface area contributed by atoms with Crippen LogP contribution in [0.15, 0.2) is 101 Å². The molecule has 0 unspecified atom stereocenters. The second kappa shape index (κ2) is 8.21. The molecule has 0 bridgehead atoms. The summed E-state index contributed by atoms with van der Waals surface area (Å²) in [5.74, 6) is 1.36. The minimum atomic E-state index is 0.483. The van der Waals surface area contributed by atoms with E-state index in [9.17, 15) is 0 Å². The highest BCUT2D eigenvalue weighted by molar-refractivity contribution is 6.30. The number of benzene rings is 3. The van der Waals surface area contributed by atoms with E-state index in [4.69, 9.17) is 16.6 Å². The van der Waals surface area contributed by atoms with Crippen LogP contribution in [0.2, 0.25) is 5.02 Å². The first-order valence-electron chi connectivity index (χ1n) is 10.8. The van der Waals surface area contributed by atoms with Crippen molar-refractivity contribution in [2.24, 2.45) is 4.99 Å². The van der Waals surface area contributed by atoms with Gasteiger partial charge in [0, 0.05) is 35.1 Å². The molecule has 0 atom stereocenters. The number of halogens is 1. The smallest absolute Gasteiger partial charge is 0.145 e. The van der Waals surface area contributed by atoms with Crippen LogP contribution in [0.4, 0.5) is 5.69 Å². The van der Waals surface area contributed by atoms with E-state index in [2.05, 4.69) is 78.9 Å². The molecule has 1 N–H and O–H groups in total. The van der Waals surface area contributed by atoms with Gasteiger partial charge in [-0.2, -0.15) is 0 Å². The Bertz CT molecular complexity index is 1220. The summed E-state index contributed by atoms with van der Waals surface area (Å²) in [6.07, 6.45) is 2.11. The molecule has 5 rings (SSSR count). The van der Waals surface area contributed by atoms with Gasteiger partial charge in [-0.15, -0.1) is 0 Å². The van der Waals surface area contributed by atoms with Gasteiger partial charge in [-0.25, -0.2) is 4.99 Å². The van der Waals surface area contributed by atoms with Crippen LogP contribution in [0.1, 0.15) is 36.5 Å². The maximum Gasteiger partial charge on any atom is 0.145 e. The van der Waals surface area contributed by atoms with Gasteiger partial charge in [0.1, 0.15) is 11.5 Å². The molecule has 0 fully saturated rings. The predicted octanol–water partition coefficient (Wildman–Crippen LogP) is 6.39. The Kier molecular flexibility index (Phi) is 5.24. The van der Waals surface area contributed by atoms with Crippen molar-refractivity contribution in [1.29, 1.82) is 0 Å². The van der Waals surface area contributed by atoms with Gasteiger partial charge in [0.2, 0.25) is 0 Å². The molecule has 2 heterocycles. The Balaban J connectivity index is 1.67. The number of nitrogens with one attached hydrogen (secondary N) is 1. The molecule has 160 valence electrons. The third-order valence-electron chi connectivity index (χ3n) is 5.79. The molecule has 0 radical (unpaired) electrons. The summed E-state index contributed by atoms with van der Waals surface area (Å²) in [6, 6.07) is 26.9. The lowest BCUT2D eigenvalue weighted by Gasteiger charge is -2.27. The van der Waals surface area contributed by atoms with E-state index in [0.717, 1.165) is 39.7 Å². The van der Waals surface area contributed by atoms with Gasteiger partial charge < -0.3 is 0 Å². The SMILES string of the molecule is CC(C)c1ccc(C2=NC3=C(c4ccccc4)N(C)NC3=CN2c2ccc(Cl)cc2)cc1. The second-order valence-corrected chi connectivity index (χ2v) is 8.77. The standard InChI is InChI=1S/C27H25ClN4/c1-18(2)19-9-11-21(12-10-19)27-29-25-24(17-32(27)23-15-13-22(28)14-16-23)30-31(3)26(25)20-7-5-4-6-8-20/h4-18,30H,1-3H3. The molecule has 3 aromatic rings. The molecule has 3 aromatic carbocycles. The number of hydrazine groups is 1. The van der Waals surface area contributed by atoms with Crippen LogP contribution >= 0.6 is 11.6 Å². The van der Waals surface area contributed by atoms with Crippen molar-refractivity contribution in [3.05, 3.63) is 118 Å². The third kappa shape index (κ3) is 3.67. The zero-order valence-electron chi connectivity index (χ0n) is 18.4. The number of amidine groups is 1. The Morgan fingerprint density at radius 2 is 1.53 bits per heavy atom. The van der Waals surface area contributed by atoms with Crippen LogP contribution in [-0.4, -0.2) is 17.9 Å². The quantitative estimate of drug-likeness (QED) is 0.509. The minimum absolute atomic E-state index is 0.483. The van der Waals surface area contributed by atoms with E-state index < -0.39 is 0 Å². The Morgan fingerprint density at radius 1 is 0.844 bits per heavy atom. The molecule has 0 aromatic heterocycles. The summed E-state index contributed by atoms with van der Waals surface area (Å²) in [7, 11) is 2.02. The largest absolute Gasteiger partial charge is 0.299 e. The summed E-state index contributed by atoms with van der Waals surface area (Å²) in [6.45, 7) is 4.41. The third-order valence-corrected chi connectivity index (χ3v) is 6.05. The average molecular weight is 441 g/mol. The summed E-state index contributed by atoms with van der Waals surface area (Å²) in [5, 5.41) is 2.74. The monoisotopic (exact) mass is 440 g/mol. The van der Waals surface area contributed by atoms with Crippen LogP contribution in [-0.2, 0) is 0 Å². The number of hydrogen-bond donors (Lipinski definition) is 1. The number of aliphatic imine (C=N–C) groups is 1. The molecular formula is C27H25ClN4. The summed E-state index contributed by atoms with van der Waals surface area (Å²) < 4.78 is 0. The van der Waals surface area contributed by atoms with Crippen LogP contribution in [0.5, 0.6) is 0 Å². The second-order valence-electron chi connectivity index (χ2n) is 8.34. The van der Waals surface area contributed by atoms with Gasteiger partial charge >= 0.3 is 0 Å². The van der Waals surface area contributed by atoms with E-state index in [1.54, 1.807) is 0 Å². The van der Waals surface area contributed by atoms with Crippen LogP contribution < -0.4 is 10.3 Å². The van der Waals surface area contributed by atoms with Crippen molar-refractivity contribution in [1.82, 2.24) is 10.4 Å². The van der Waals surface area contributed by atoms with Gasteiger partial charge in [-0.05, 0) is 35.7 Å². The van der Waals surface area contributed by atoms with Gasteiger partial charge in [-0.3, -0.25) is 15.3 Å². The molecule has 5 heteroatoms. The first-order valence-corrected chi connectivity index (χ1v) is 11.1. The van der Waals surface area contributed by atoms with Gasteiger partial charge in [0.15, 0.2) is 0 Å². The molecule has 2 aliphatic rings. The fourth-order valence-corrected chi connectivity index (χ4v) is 4.20. The lowest BCUT2D eigenvalue weighted by molar-refractivity contribution is 0.417. The molecule has 32 heavy (non-hydrogen) atoms. The lowest BCUT2D eigenvalue weighted by Crippen LogP contribution is -2.32. The number of nitrogens with zero attached hydrogens (tertiary/aromatic N) is 3. The zero-order valence-corrected chi connectivity index (χ0v) is 19.1. The maximum absolute atomic E-state index is 6.16. The van der Waals surface area contributed by atoms with Crippen molar-refractivity contribution < 1.29 is 0 Å². The molecule has 4 nitrogen and oxygen atoms in total. The molecule has 0 aliphatic carbocycles. The highest BCUT2D eigenvalue weighted by atomic mass is 35.5. The lowest BCUT2D eigenvalue weighted by atomic mass is 10.0. The average Bonchev–Trinajstić information content (AvgIpc) is 3.14. The number of fused-ring (bicyclic) bond motifs is 1. The molecule has 2 aliphatic heterocycles. The van der Waals surface area contributed by atoms with E-state index >= 15 is 0 Å². The van der Waals surface area contributed by atoms with Gasteiger partial charge in [0.25, 0.3) is 0 Å². The van der Waals surface area contributed by atoms with Crippen LogP contribution in [0.25, 0.3) is 5.70 Å².